The van der Waals surface area contributed by atoms with Crippen molar-refractivity contribution in [1.82, 2.24) is 10.2 Å². The number of benzene rings is 2. The van der Waals surface area contributed by atoms with Gasteiger partial charge in [0, 0.05) is 38.0 Å². The van der Waals surface area contributed by atoms with Gasteiger partial charge < -0.3 is 14.8 Å². The molecular formula is C24H30N2O4. The van der Waals surface area contributed by atoms with Gasteiger partial charge in [-0.25, -0.2) is 0 Å². The fourth-order valence-electron chi connectivity index (χ4n) is 3.50. The van der Waals surface area contributed by atoms with Crippen molar-refractivity contribution in [3.05, 3.63) is 65.7 Å². The first-order valence-electron chi connectivity index (χ1n) is 10.6. The molecule has 2 aromatic rings. The number of nitrogens with one attached hydrogen (secondary N) is 1. The SMILES string of the molecule is CCOc1ccc(C(=O)CCC(=O)N[C@@H](CN2CCOCC2)c2ccccc2)cc1. The van der Waals surface area contributed by atoms with Crippen LogP contribution >= 0.6 is 0 Å². The number of nitrogens with zero attached hydrogens (tertiary/aromatic N) is 1. The van der Waals surface area contributed by atoms with E-state index in [0.717, 1.165) is 30.9 Å². The highest BCUT2D eigenvalue weighted by molar-refractivity contribution is 5.98. The van der Waals surface area contributed by atoms with Crippen molar-refractivity contribution >= 4 is 11.7 Å². The molecule has 0 radical (unpaired) electrons. The average molecular weight is 411 g/mol. The Morgan fingerprint density at radius 1 is 1.03 bits per heavy atom. The predicted molar refractivity (Wildman–Crippen MR) is 116 cm³/mol. The lowest BCUT2D eigenvalue weighted by Crippen LogP contribution is -2.43. The van der Waals surface area contributed by atoms with E-state index in [1.807, 2.05) is 37.3 Å². The van der Waals surface area contributed by atoms with E-state index in [9.17, 15) is 9.59 Å². The summed E-state index contributed by atoms with van der Waals surface area (Å²) in [6.07, 6.45) is 0.345. The van der Waals surface area contributed by atoms with Crippen molar-refractivity contribution in [2.45, 2.75) is 25.8 Å². The van der Waals surface area contributed by atoms with Gasteiger partial charge in [0.2, 0.25) is 5.91 Å². The molecule has 2 aromatic carbocycles. The van der Waals surface area contributed by atoms with Crippen molar-refractivity contribution in [3.8, 4) is 5.75 Å². The van der Waals surface area contributed by atoms with Gasteiger partial charge in [-0.15, -0.1) is 0 Å². The highest BCUT2D eigenvalue weighted by atomic mass is 16.5. The number of hydrogen-bond acceptors (Lipinski definition) is 5. The molecular weight excluding hydrogens is 380 g/mol. The number of hydrogen-bond donors (Lipinski definition) is 1. The Morgan fingerprint density at radius 3 is 2.40 bits per heavy atom. The van der Waals surface area contributed by atoms with Crippen LogP contribution in [0.15, 0.2) is 54.6 Å². The second kappa shape index (κ2) is 11.5. The number of rotatable bonds is 10. The number of morpholine rings is 1. The van der Waals surface area contributed by atoms with Gasteiger partial charge in [0.05, 0.1) is 25.9 Å². The summed E-state index contributed by atoms with van der Waals surface area (Å²) in [7, 11) is 0. The number of carbonyl (C=O) groups is 2. The van der Waals surface area contributed by atoms with E-state index in [1.165, 1.54) is 0 Å². The third-order valence-corrected chi connectivity index (χ3v) is 5.15. The van der Waals surface area contributed by atoms with E-state index in [4.69, 9.17) is 9.47 Å². The first-order chi connectivity index (χ1) is 14.7. The molecule has 6 heteroatoms. The fourth-order valence-corrected chi connectivity index (χ4v) is 3.50. The van der Waals surface area contributed by atoms with Crippen molar-refractivity contribution in [1.29, 1.82) is 0 Å². The van der Waals surface area contributed by atoms with Crippen molar-refractivity contribution in [2.24, 2.45) is 0 Å². The monoisotopic (exact) mass is 410 g/mol. The summed E-state index contributed by atoms with van der Waals surface area (Å²) in [5, 5.41) is 3.12. The molecule has 1 saturated heterocycles. The molecule has 1 heterocycles. The number of ketones is 1. The first-order valence-corrected chi connectivity index (χ1v) is 10.6. The number of Topliss-reactive ketones (excluding diaryl/α,β-unsaturated/α-hetero) is 1. The summed E-state index contributed by atoms with van der Waals surface area (Å²) < 4.78 is 10.8. The van der Waals surface area contributed by atoms with Crippen LogP contribution in [0, 0.1) is 0 Å². The van der Waals surface area contributed by atoms with Crippen LogP contribution in [-0.4, -0.2) is 56.0 Å². The second-order valence-corrected chi connectivity index (χ2v) is 7.32. The topological polar surface area (TPSA) is 67.9 Å². The Balaban J connectivity index is 1.55. The zero-order valence-electron chi connectivity index (χ0n) is 17.5. The molecule has 0 spiro atoms. The van der Waals surface area contributed by atoms with E-state index in [-0.39, 0.29) is 30.6 Å². The molecule has 1 amide bonds. The molecule has 1 fully saturated rings. The minimum atomic E-state index is -0.114. The lowest BCUT2D eigenvalue weighted by Gasteiger charge is -2.31. The first kappa shape index (κ1) is 22.0. The fraction of sp³-hybridized carbons (Fsp3) is 0.417. The van der Waals surface area contributed by atoms with E-state index in [2.05, 4.69) is 10.2 Å². The third kappa shape index (κ3) is 6.68. The van der Waals surface area contributed by atoms with Crippen LogP contribution in [0.4, 0.5) is 0 Å². The predicted octanol–water partition coefficient (Wildman–Crippen LogP) is 3.24. The molecule has 0 saturated carbocycles. The lowest BCUT2D eigenvalue weighted by molar-refractivity contribution is -0.122. The van der Waals surface area contributed by atoms with Gasteiger partial charge in [-0.3, -0.25) is 14.5 Å². The molecule has 6 nitrogen and oxygen atoms in total. The summed E-state index contributed by atoms with van der Waals surface area (Å²) in [5.74, 6) is 0.578. The Labute approximate surface area is 178 Å². The summed E-state index contributed by atoms with van der Waals surface area (Å²) in [5.41, 5.74) is 1.66. The molecule has 1 N–H and O–H groups in total. The van der Waals surface area contributed by atoms with Crippen LogP contribution in [0.5, 0.6) is 5.75 Å². The van der Waals surface area contributed by atoms with Crippen LogP contribution in [0.1, 0.15) is 41.7 Å². The van der Waals surface area contributed by atoms with Gasteiger partial charge in [0.15, 0.2) is 5.78 Å². The highest BCUT2D eigenvalue weighted by Crippen LogP contribution is 2.17. The molecule has 1 aliphatic heterocycles. The largest absolute Gasteiger partial charge is 0.494 e. The maximum absolute atomic E-state index is 12.6. The quantitative estimate of drug-likeness (QED) is 0.609. The third-order valence-electron chi connectivity index (χ3n) is 5.15. The zero-order chi connectivity index (χ0) is 21.2. The minimum Gasteiger partial charge on any atom is -0.494 e. The van der Waals surface area contributed by atoms with Crippen LogP contribution in [-0.2, 0) is 9.53 Å². The van der Waals surface area contributed by atoms with Crippen LogP contribution in [0.25, 0.3) is 0 Å². The van der Waals surface area contributed by atoms with Gasteiger partial charge in [0.1, 0.15) is 5.75 Å². The molecule has 3 rings (SSSR count). The molecule has 1 aliphatic rings. The molecule has 30 heavy (non-hydrogen) atoms. The van der Waals surface area contributed by atoms with Gasteiger partial charge >= 0.3 is 0 Å². The number of ether oxygens (including phenoxy) is 2. The number of carbonyl (C=O) groups excluding carboxylic acids is 2. The van der Waals surface area contributed by atoms with Crippen molar-refractivity contribution < 1.29 is 19.1 Å². The van der Waals surface area contributed by atoms with Gasteiger partial charge in [0.25, 0.3) is 0 Å². The maximum Gasteiger partial charge on any atom is 0.220 e. The second-order valence-electron chi connectivity index (χ2n) is 7.32. The lowest BCUT2D eigenvalue weighted by atomic mass is 10.0. The highest BCUT2D eigenvalue weighted by Gasteiger charge is 2.20. The van der Waals surface area contributed by atoms with Crippen LogP contribution in [0.3, 0.4) is 0 Å². The summed E-state index contributed by atoms with van der Waals surface area (Å²) >= 11 is 0. The van der Waals surface area contributed by atoms with Crippen molar-refractivity contribution in [2.75, 3.05) is 39.5 Å². The summed E-state index contributed by atoms with van der Waals surface area (Å²) in [6.45, 7) is 6.37. The maximum atomic E-state index is 12.6. The standard InChI is InChI=1S/C24H30N2O4/c1-2-30-21-10-8-20(9-11-21)23(27)12-13-24(28)25-22(19-6-4-3-5-7-19)18-26-14-16-29-17-15-26/h3-11,22H,2,12-18H2,1H3,(H,25,28)/t22-/m0/s1. The molecule has 160 valence electrons. The van der Waals surface area contributed by atoms with E-state index < -0.39 is 0 Å². The normalized spacial score (nSPS) is 15.4. The minimum absolute atomic E-state index is 0.0439. The summed E-state index contributed by atoms with van der Waals surface area (Å²) in [6, 6.07) is 16.9. The molecule has 0 aliphatic carbocycles. The molecule has 1 atom stereocenters. The summed E-state index contributed by atoms with van der Waals surface area (Å²) in [4.78, 5) is 27.4. The number of amides is 1. The Kier molecular flexibility index (Phi) is 8.41. The Bertz CT molecular complexity index is 802. The smallest absolute Gasteiger partial charge is 0.220 e. The van der Waals surface area contributed by atoms with E-state index in [0.29, 0.717) is 25.4 Å². The van der Waals surface area contributed by atoms with Gasteiger partial charge in [-0.2, -0.15) is 0 Å². The molecule has 0 unspecified atom stereocenters. The van der Waals surface area contributed by atoms with Crippen LogP contribution < -0.4 is 10.1 Å². The average Bonchev–Trinajstić information content (AvgIpc) is 2.79. The van der Waals surface area contributed by atoms with E-state index in [1.54, 1.807) is 24.3 Å². The molecule has 0 aromatic heterocycles. The van der Waals surface area contributed by atoms with Gasteiger partial charge in [-0.1, -0.05) is 30.3 Å². The molecule has 0 bridgehead atoms. The Hall–Kier alpha value is -2.70. The van der Waals surface area contributed by atoms with E-state index >= 15 is 0 Å². The van der Waals surface area contributed by atoms with Gasteiger partial charge in [-0.05, 0) is 36.8 Å². The zero-order valence-corrected chi connectivity index (χ0v) is 17.5. The van der Waals surface area contributed by atoms with Crippen LogP contribution in [0.2, 0.25) is 0 Å². The van der Waals surface area contributed by atoms with Crippen molar-refractivity contribution in [3.63, 3.8) is 0 Å². The Morgan fingerprint density at radius 2 is 1.73 bits per heavy atom.